The Morgan fingerprint density at radius 1 is 1.32 bits per heavy atom. The maximum atomic E-state index is 12.4. The van der Waals surface area contributed by atoms with Crippen LogP contribution >= 0.6 is 0 Å². The van der Waals surface area contributed by atoms with Gasteiger partial charge in [0.2, 0.25) is 11.8 Å². The topological polar surface area (TPSA) is 92.5 Å². The minimum absolute atomic E-state index is 0.0202. The number of hydrogen-bond donors (Lipinski definition) is 2. The highest BCUT2D eigenvalue weighted by Gasteiger charge is 2.42. The van der Waals surface area contributed by atoms with Gasteiger partial charge in [-0.2, -0.15) is 0 Å². The summed E-state index contributed by atoms with van der Waals surface area (Å²) in [5.74, 6) is -1.13. The van der Waals surface area contributed by atoms with Crippen LogP contribution in [-0.2, 0) is 19.9 Å². The van der Waals surface area contributed by atoms with Crippen molar-refractivity contribution >= 4 is 17.7 Å². The normalized spacial score (nSPS) is 21.1. The molecular formula is C16H21N3O3. The highest BCUT2D eigenvalue weighted by atomic mass is 16.2. The molecule has 2 unspecified atom stereocenters. The van der Waals surface area contributed by atoms with Gasteiger partial charge in [-0.15, -0.1) is 0 Å². The van der Waals surface area contributed by atoms with Crippen LogP contribution in [0.25, 0.3) is 0 Å². The lowest BCUT2D eigenvalue weighted by atomic mass is 9.92. The third-order valence-corrected chi connectivity index (χ3v) is 3.85. The van der Waals surface area contributed by atoms with Gasteiger partial charge in [0.1, 0.15) is 11.6 Å². The summed E-state index contributed by atoms with van der Waals surface area (Å²) in [6.07, 6.45) is -0.0202. The van der Waals surface area contributed by atoms with Gasteiger partial charge in [-0.05, 0) is 26.3 Å². The zero-order valence-corrected chi connectivity index (χ0v) is 13.0. The van der Waals surface area contributed by atoms with E-state index in [1.807, 2.05) is 6.07 Å². The van der Waals surface area contributed by atoms with Crippen LogP contribution in [0.5, 0.6) is 0 Å². The van der Waals surface area contributed by atoms with Crippen molar-refractivity contribution in [1.82, 2.24) is 10.2 Å². The van der Waals surface area contributed by atoms with Gasteiger partial charge >= 0.3 is 0 Å². The van der Waals surface area contributed by atoms with E-state index in [4.69, 9.17) is 5.73 Å². The monoisotopic (exact) mass is 303 g/mol. The Labute approximate surface area is 129 Å². The molecule has 1 heterocycles. The largest absolute Gasteiger partial charge is 0.342 e. The Morgan fingerprint density at radius 3 is 2.41 bits per heavy atom. The van der Waals surface area contributed by atoms with E-state index >= 15 is 0 Å². The van der Waals surface area contributed by atoms with Crippen LogP contribution in [-0.4, -0.2) is 34.7 Å². The Balaban J connectivity index is 2.13. The second-order valence-corrected chi connectivity index (χ2v) is 5.99. The first kappa shape index (κ1) is 16.2. The number of nitrogens with two attached hydrogens (primary N) is 1. The Bertz CT molecular complexity index is 596. The minimum Gasteiger partial charge on any atom is -0.342 e. The van der Waals surface area contributed by atoms with Crippen molar-refractivity contribution in [3.63, 3.8) is 0 Å². The van der Waals surface area contributed by atoms with Gasteiger partial charge in [-0.25, -0.2) is 0 Å². The summed E-state index contributed by atoms with van der Waals surface area (Å²) in [5.41, 5.74) is 5.49. The fraction of sp³-hybridized carbons (Fsp3) is 0.438. The minimum atomic E-state index is -1.27. The maximum Gasteiger partial charge on any atom is 0.252 e. The highest BCUT2D eigenvalue weighted by Crippen LogP contribution is 2.20. The number of carbonyl (C=O) groups is 3. The molecule has 0 radical (unpaired) electrons. The van der Waals surface area contributed by atoms with Gasteiger partial charge < -0.3 is 11.1 Å². The van der Waals surface area contributed by atoms with Crippen LogP contribution < -0.4 is 11.1 Å². The first-order chi connectivity index (χ1) is 10.2. The molecule has 2 rings (SSSR count). The van der Waals surface area contributed by atoms with Crippen molar-refractivity contribution in [2.24, 2.45) is 5.73 Å². The number of nitrogens with zero attached hydrogens (tertiary/aromatic N) is 1. The molecule has 6 nitrogen and oxygen atoms in total. The van der Waals surface area contributed by atoms with Gasteiger partial charge in [0.15, 0.2) is 0 Å². The van der Waals surface area contributed by atoms with Gasteiger partial charge in [-0.3, -0.25) is 19.3 Å². The molecule has 1 aliphatic rings. The highest BCUT2D eigenvalue weighted by molar-refractivity contribution is 6.07. The summed E-state index contributed by atoms with van der Waals surface area (Å²) in [4.78, 5) is 37.7. The predicted molar refractivity (Wildman–Crippen MR) is 81.5 cm³/mol. The molecule has 1 aliphatic heterocycles. The molecule has 2 atom stereocenters. The number of benzene rings is 1. The molecular weight excluding hydrogens is 282 g/mol. The molecule has 118 valence electrons. The smallest absolute Gasteiger partial charge is 0.252 e. The molecule has 1 aromatic rings. The fourth-order valence-corrected chi connectivity index (χ4v) is 2.53. The molecule has 22 heavy (non-hydrogen) atoms. The number of amides is 3. The van der Waals surface area contributed by atoms with E-state index in [1.54, 1.807) is 45.0 Å². The third-order valence-electron chi connectivity index (χ3n) is 3.85. The summed E-state index contributed by atoms with van der Waals surface area (Å²) in [6.45, 7) is 5.10. The van der Waals surface area contributed by atoms with Crippen molar-refractivity contribution in [2.45, 2.75) is 44.8 Å². The van der Waals surface area contributed by atoms with Gasteiger partial charge in [-0.1, -0.05) is 30.3 Å². The van der Waals surface area contributed by atoms with Crippen molar-refractivity contribution in [2.75, 3.05) is 0 Å². The Kier molecular flexibility index (Phi) is 4.32. The summed E-state index contributed by atoms with van der Waals surface area (Å²) < 4.78 is 0. The number of rotatable bonds is 4. The van der Waals surface area contributed by atoms with E-state index < -0.39 is 17.5 Å². The zero-order valence-electron chi connectivity index (χ0n) is 13.0. The van der Waals surface area contributed by atoms with Crippen molar-refractivity contribution in [1.29, 1.82) is 0 Å². The standard InChI is InChI=1S/C16H21N3O3/c1-10(2)19-13(20)9-12(14(19)21)18-15(22)16(3,17)11-7-5-4-6-8-11/h4-8,10,12H,9,17H2,1-3H3,(H,18,22). The van der Waals surface area contributed by atoms with Crippen molar-refractivity contribution in [3.8, 4) is 0 Å². The first-order valence-electron chi connectivity index (χ1n) is 7.26. The average molecular weight is 303 g/mol. The number of nitrogens with one attached hydrogen (secondary N) is 1. The Hall–Kier alpha value is -2.21. The lowest BCUT2D eigenvalue weighted by Crippen LogP contribution is -2.53. The second-order valence-electron chi connectivity index (χ2n) is 5.99. The molecule has 1 saturated heterocycles. The number of likely N-dealkylation sites (tertiary alicyclic amines) is 1. The van der Waals surface area contributed by atoms with Crippen molar-refractivity contribution < 1.29 is 14.4 Å². The van der Waals surface area contributed by atoms with Crippen LogP contribution in [0.15, 0.2) is 30.3 Å². The van der Waals surface area contributed by atoms with Crippen LogP contribution in [0.1, 0.15) is 32.8 Å². The average Bonchev–Trinajstić information content (AvgIpc) is 2.74. The number of imide groups is 1. The Morgan fingerprint density at radius 2 is 1.91 bits per heavy atom. The maximum absolute atomic E-state index is 12.4. The lowest BCUT2D eigenvalue weighted by molar-refractivity contribution is -0.141. The quantitative estimate of drug-likeness (QED) is 0.793. The second kappa shape index (κ2) is 5.88. The van der Waals surface area contributed by atoms with Crippen LogP contribution in [0, 0.1) is 0 Å². The lowest BCUT2D eigenvalue weighted by Gasteiger charge is -2.26. The summed E-state index contributed by atoms with van der Waals surface area (Å²) in [7, 11) is 0. The van der Waals surface area contributed by atoms with Gasteiger partial charge in [0.25, 0.3) is 5.91 Å². The molecule has 6 heteroatoms. The summed E-state index contributed by atoms with van der Waals surface area (Å²) >= 11 is 0. The van der Waals surface area contributed by atoms with Gasteiger partial charge in [0, 0.05) is 6.04 Å². The molecule has 0 bridgehead atoms. The molecule has 1 aromatic carbocycles. The molecule has 1 fully saturated rings. The van der Waals surface area contributed by atoms with Crippen LogP contribution in [0.3, 0.4) is 0 Å². The fourth-order valence-electron chi connectivity index (χ4n) is 2.53. The van der Waals surface area contributed by atoms with Gasteiger partial charge in [0.05, 0.1) is 6.42 Å². The molecule has 3 N–H and O–H groups in total. The van der Waals surface area contributed by atoms with Crippen LogP contribution in [0.4, 0.5) is 0 Å². The molecule has 0 aromatic heterocycles. The van der Waals surface area contributed by atoms with E-state index in [0.717, 1.165) is 0 Å². The van der Waals surface area contributed by atoms with E-state index in [-0.39, 0.29) is 24.3 Å². The van der Waals surface area contributed by atoms with E-state index in [2.05, 4.69) is 5.32 Å². The van der Waals surface area contributed by atoms with Crippen LogP contribution in [0.2, 0.25) is 0 Å². The first-order valence-corrected chi connectivity index (χ1v) is 7.26. The molecule has 0 saturated carbocycles. The zero-order chi connectivity index (χ0) is 16.5. The summed E-state index contributed by atoms with van der Waals surface area (Å²) in [6, 6.07) is 7.85. The van der Waals surface area contributed by atoms with E-state index in [9.17, 15) is 14.4 Å². The number of hydrogen-bond acceptors (Lipinski definition) is 4. The number of carbonyl (C=O) groups excluding carboxylic acids is 3. The van der Waals surface area contributed by atoms with E-state index in [1.165, 1.54) is 4.90 Å². The van der Waals surface area contributed by atoms with E-state index in [0.29, 0.717) is 5.56 Å². The molecule has 3 amide bonds. The summed E-state index contributed by atoms with van der Waals surface area (Å²) in [5, 5.41) is 2.61. The molecule has 0 spiro atoms. The SMILES string of the molecule is CC(C)N1C(=O)CC(NC(=O)C(C)(N)c2ccccc2)C1=O. The molecule has 0 aliphatic carbocycles. The third kappa shape index (κ3) is 2.87. The van der Waals surface area contributed by atoms with Crippen molar-refractivity contribution in [3.05, 3.63) is 35.9 Å². The predicted octanol–water partition coefficient (Wildman–Crippen LogP) is 0.513.